The van der Waals surface area contributed by atoms with Crippen molar-refractivity contribution in [3.05, 3.63) is 47.4 Å². The summed E-state index contributed by atoms with van der Waals surface area (Å²) in [6.07, 6.45) is 2.59. The predicted octanol–water partition coefficient (Wildman–Crippen LogP) is 2.77. The van der Waals surface area contributed by atoms with E-state index in [4.69, 9.17) is 4.52 Å². The molecule has 2 aromatic rings. The highest BCUT2D eigenvalue weighted by Crippen LogP contribution is 2.48. The highest BCUT2D eigenvalue weighted by atomic mass is 19.1. The number of aromatic nitrogens is 2. The highest BCUT2D eigenvalue weighted by Gasteiger charge is 2.45. The normalized spacial score (nSPS) is 16.0. The van der Waals surface area contributed by atoms with Crippen molar-refractivity contribution in [3.63, 3.8) is 0 Å². The third-order valence-electron chi connectivity index (χ3n) is 4.75. The first-order valence-electron chi connectivity index (χ1n) is 9.06. The van der Waals surface area contributed by atoms with Gasteiger partial charge in [0.05, 0.1) is 0 Å². The molecule has 1 saturated carbocycles. The minimum Gasteiger partial charge on any atom is -0.356 e. The lowest BCUT2D eigenvalue weighted by Crippen LogP contribution is -2.42. The van der Waals surface area contributed by atoms with Gasteiger partial charge in [-0.15, -0.1) is 0 Å². The summed E-state index contributed by atoms with van der Waals surface area (Å²) in [7, 11) is 1.72. The van der Waals surface area contributed by atoms with E-state index in [-0.39, 0.29) is 17.2 Å². The van der Waals surface area contributed by atoms with Crippen molar-refractivity contribution in [1.29, 1.82) is 0 Å². The standard InChI is InChI=1S/C19H26FN5O/c1-13(2)17-24-16(26-25-17)8-11-22-18(21-3)23-12-19(9-10-19)14-6-4-5-7-15(14)20/h4-7,13H,8-12H2,1-3H3,(H2,21,22,23). The SMILES string of the molecule is CN=C(NCCc1nc(C(C)C)no1)NCC1(c2ccccc2F)CC1. The Kier molecular flexibility index (Phi) is 5.54. The molecule has 0 aliphatic heterocycles. The second-order valence-electron chi connectivity index (χ2n) is 7.06. The number of hydrogen-bond acceptors (Lipinski definition) is 4. The largest absolute Gasteiger partial charge is 0.356 e. The highest BCUT2D eigenvalue weighted by molar-refractivity contribution is 5.79. The van der Waals surface area contributed by atoms with E-state index in [0.717, 1.165) is 24.2 Å². The Morgan fingerprint density at radius 3 is 2.69 bits per heavy atom. The minimum atomic E-state index is -0.132. The van der Waals surface area contributed by atoms with Gasteiger partial charge in [0.2, 0.25) is 5.89 Å². The molecule has 0 saturated heterocycles. The molecular formula is C19H26FN5O. The van der Waals surface area contributed by atoms with Crippen LogP contribution in [0.25, 0.3) is 0 Å². The van der Waals surface area contributed by atoms with E-state index in [1.807, 2.05) is 26.0 Å². The van der Waals surface area contributed by atoms with Crippen LogP contribution in [0.1, 0.15) is 49.9 Å². The first kappa shape index (κ1) is 18.4. The second-order valence-corrected chi connectivity index (χ2v) is 7.06. The van der Waals surface area contributed by atoms with E-state index in [2.05, 4.69) is 25.8 Å². The van der Waals surface area contributed by atoms with Crippen LogP contribution in [0.3, 0.4) is 0 Å². The average molecular weight is 359 g/mol. The Balaban J connectivity index is 1.48. The maximum Gasteiger partial charge on any atom is 0.228 e. The number of aliphatic imine (C=N–C) groups is 1. The van der Waals surface area contributed by atoms with Crippen molar-refractivity contribution >= 4 is 5.96 Å². The number of nitrogens with one attached hydrogen (secondary N) is 2. The Labute approximate surface area is 153 Å². The number of hydrogen-bond donors (Lipinski definition) is 2. The molecule has 0 bridgehead atoms. The van der Waals surface area contributed by atoms with Crippen LogP contribution in [0.2, 0.25) is 0 Å². The predicted molar refractivity (Wildman–Crippen MR) is 98.8 cm³/mol. The van der Waals surface area contributed by atoms with Gasteiger partial charge in [0.25, 0.3) is 0 Å². The van der Waals surface area contributed by atoms with Gasteiger partial charge in [-0.05, 0) is 24.5 Å². The van der Waals surface area contributed by atoms with Gasteiger partial charge in [0.15, 0.2) is 11.8 Å². The van der Waals surface area contributed by atoms with E-state index in [0.29, 0.717) is 31.4 Å². The van der Waals surface area contributed by atoms with Crippen molar-refractivity contribution in [1.82, 2.24) is 20.8 Å². The number of nitrogens with zero attached hydrogens (tertiary/aromatic N) is 3. The van der Waals surface area contributed by atoms with Gasteiger partial charge in [-0.25, -0.2) is 4.39 Å². The molecule has 1 fully saturated rings. The molecule has 1 aromatic heterocycles. The monoisotopic (exact) mass is 359 g/mol. The molecule has 0 radical (unpaired) electrons. The Bertz CT molecular complexity index is 767. The zero-order valence-corrected chi connectivity index (χ0v) is 15.6. The quantitative estimate of drug-likeness (QED) is 0.587. The maximum atomic E-state index is 14.1. The molecule has 1 aliphatic carbocycles. The summed E-state index contributed by atoms with van der Waals surface area (Å²) in [5.41, 5.74) is 0.664. The van der Waals surface area contributed by atoms with Crippen molar-refractivity contribution in [2.75, 3.05) is 20.1 Å². The molecule has 7 heteroatoms. The van der Waals surface area contributed by atoms with Gasteiger partial charge in [0, 0.05) is 37.9 Å². The Morgan fingerprint density at radius 2 is 2.08 bits per heavy atom. The number of halogens is 1. The number of guanidine groups is 1. The summed E-state index contributed by atoms with van der Waals surface area (Å²) >= 11 is 0. The summed E-state index contributed by atoms with van der Waals surface area (Å²) in [6, 6.07) is 7.02. The fourth-order valence-electron chi connectivity index (χ4n) is 2.95. The summed E-state index contributed by atoms with van der Waals surface area (Å²) in [5, 5.41) is 10.5. The molecule has 0 unspecified atom stereocenters. The second kappa shape index (κ2) is 7.85. The van der Waals surface area contributed by atoms with Crippen LogP contribution in [0, 0.1) is 5.82 Å². The van der Waals surface area contributed by atoms with Gasteiger partial charge in [-0.2, -0.15) is 4.98 Å². The molecule has 0 amide bonds. The van der Waals surface area contributed by atoms with Gasteiger partial charge in [-0.1, -0.05) is 37.2 Å². The van der Waals surface area contributed by atoms with Crippen LogP contribution in [0.4, 0.5) is 4.39 Å². The van der Waals surface area contributed by atoms with Crippen LogP contribution in [-0.2, 0) is 11.8 Å². The molecule has 1 aliphatic rings. The third-order valence-corrected chi connectivity index (χ3v) is 4.75. The van der Waals surface area contributed by atoms with Crippen LogP contribution < -0.4 is 10.6 Å². The fraction of sp³-hybridized carbons (Fsp3) is 0.526. The summed E-state index contributed by atoms with van der Waals surface area (Å²) < 4.78 is 19.3. The van der Waals surface area contributed by atoms with E-state index < -0.39 is 0 Å². The lowest BCUT2D eigenvalue weighted by atomic mass is 9.95. The number of benzene rings is 1. The molecule has 2 N–H and O–H groups in total. The molecule has 1 aromatic carbocycles. The Morgan fingerprint density at radius 1 is 1.31 bits per heavy atom. The molecule has 0 atom stereocenters. The average Bonchev–Trinajstić information content (AvgIpc) is 3.26. The zero-order chi connectivity index (χ0) is 18.6. The summed E-state index contributed by atoms with van der Waals surface area (Å²) in [5.74, 6) is 2.15. The zero-order valence-electron chi connectivity index (χ0n) is 15.6. The van der Waals surface area contributed by atoms with Crippen molar-refractivity contribution in [2.45, 2.75) is 44.4 Å². The first-order chi connectivity index (χ1) is 12.5. The van der Waals surface area contributed by atoms with E-state index in [1.54, 1.807) is 13.1 Å². The van der Waals surface area contributed by atoms with Crippen LogP contribution in [0.15, 0.2) is 33.8 Å². The maximum absolute atomic E-state index is 14.1. The molecule has 0 spiro atoms. The molecular weight excluding hydrogens is 333 g/mol. The van der Waals surface area contributed by atoms with Gasteiger partial charge in [-0.3, -0.25) is 4.99 Å². The molecule has 140 valence electrons. The lowest BCUT2D eigenvalue weighted by Gasteiger charge is -2.19. The van der Waals surface area contributed by atoms with Crippen molar-refractivity contribution in [2.24, 2.45) is 4.99 Å². The first-order valence-corrected chi connectivity index (χ1v) is 9.06. The van der Waals surface area contributed by atoms with Crippen molar-refractivity contribution in [3.8, 4) is 0 Å². The van der Waals surface area contributed by atoms with E-state index in [1.165, 1.54) is 6.07 Å². The van der Waals surface area contributed by atoms with Gasteiger partial charge >= 0.3 is 0 Å². The van der Waals surface area contributed by atoms with Crippen molar-refractivity contribution < 1.29 is 8.91 Å². The van der Waals surface area contributed by atoms with Crippen LogP contribution in [0.5, 0.6) is 0 Å². The van der Waals surface area contributed by atoms with E-state index in [9.17, 15) is 4.39 Å². The van der Waals surface area contributed by atoms with E-state index >= 15 is 0 Å². The smallest absolute Gasteiger partial charge is 0.228 e. The molecule has 3 rings (SSSR count). The van der Waals surface area contributed by atoms with Gasteiger partial charge < -0.3 is 15.2 Å². The minimum absolute atomic E-state index is 0.123. The topological polar surface area (TPSA) is 75.3 Å². The lowest BCUT2D eigenvalue weighted by molar-refractivity contribution is 0.371. The number of rotatable bonds is 7. The third kappa shape index (κ3) is 4.20. The summed E-state index contributed by atoms with van der Waals surface area (Å²) in [4.78, 5) is 8.59. The molecule has 6 nitrogen and oxygen atoms in total. The fourth-order valence-corrected chi connectivity index (χ4v) is 2.95. The summed E-state index contributed by atoms with van der Waals surface area (Å²) in [6.45, 7) is 5.35. The molecule has 26 heavy (non-hydrogen) atoms. The van der Waals surface area contributed by atoms with Crippen LogP contribution in [-0.4, -0.2) is 36.2 Å². The molecule has 1 heterocycles. The van der Waals surface area contributed by atoms with Crippen LogP contribution >= 0.6 is 0 Å². The Hall–Kier alpha value is -2.44. The van der Waals surface area contributed by atoms with Gasteiger partial charge in [0.1, 0.15) is 5.82 Å².